The Balaban J connectivity index is 2.14. The van der Waals surface area contributed by atoms with E-state index >= 15 is 0 Å². The molecule has 0 amide bonds. The zero-order valence-electron chi connectivity index (χ0n) is 11.8. The van der Waals surface area contributed by atoms with Gasteiger partial charge in [-0.25, -0.2) is 4.39 Å². The molecule has 1 aromatic carbocycles. The number of likely N-dealkylation sites (N-methyl/N-ethyl adjacent to an activating group) is 1. The van der Waals surface area contributed by atoms with Crippen molar-refractivity contribution in [2.24, 2.45) is 5.73 Å². The van der Waals surface area contributed by atoms with Gasteiger partial charge >= 0.3 is 0 Å². The Labute approximate surface area is 115 Å². The standard InChI is InChI=1S/C15H24FN3/c1-3-14-11-19(8-7-18(14)2)15(10-17)12-5-4-6-13(16)9-12/h4-6,9,14-15H,3,7-8,10-11,17H2,1-2H3. The van der Waals surface area contributed by atoms with Crippen molar-refractivity contribution in [3.8, 4) is 0 Å². The maximum atomic E-state index is 13.4. The van der Waals surface area contributed by atoms with E-state index in [0.29, 0.717) is 12.6 Å². The number of hydrogen-bond acceptors (Lipinski definition) is 3. The van der Waals surface area contributed by atoms with Crippen LogP contribution in [0.3, 0.4) is 0 Å². The molecule has 2 atom stereocenters. The first-order chi connectivity index (χ1) is 9.15. The van der Waals surface area contributed by atoms with Crippen LogP contribution in [0, 0.1) is 5.82 Å². The highest BCUT2D eigenvalue weighted by molar-refractivity contribution is 5.21. The van der Waals surface area contributed by atoms with Crippen molar-refractivity contribution in [1.82, 2.24) is 9.80 Å². The molecule has 2 rings (SSSR count). The zero-order valence-corrected chi connectivity index (χ0v) is 11.8. The zero-order chi connectivity index (χ0) is 13.8. The lowest BCUT2D eigenvalue weighted by Gasteiger charge is -2.42. The van der Waals surface area contributed by atoms with Gasteiger partial charge in [-0.05, 0) is 31.2 Å². The summed E-state index contributed by atoms with van der Waals surface area (Å²) in [6, 6.07) is 7.52. The van der Waals surface area contributed by atoms with E-state index in [-0.39, 0.29) is 11.9 Å². The van der Waals surface area contributed by atoms with E-state index in [2.05, 4.69) is 23.8 Å². The lowest BCUT2D eigenvalue weighted by atomic mass is 10.0. The van der Waals surface area contributed by atoms with Crippen LogP contribution in [0.4, 0.5) is 4.39 Å². The average Bonchev–Trinajstić information content (AvgIpc) is 2.41. The SMILES string of the molecule is CCC1CN(C(CN)c2cccc(F)c2)CCN1C. The second-order valence-electron chi connectivity index (χ2n) is 5.34. The van der Waals surface area contributed by atoms with E-state index in [1.807, 2.05) is 6.07 Å². The van der Waals surface area contributed by atoms with Gasteiger partial charge < -0.3 is 10.6 Å². The van der Waals surface area contributed by atoms with Crippen LogP contribution in [0.1, 0.15) is 24.9 Å². The van der Waals surface area contributed by atoms with Crippen molar-refractivity contribution >= 4 is 0 Å². The van der Waals surface area contributed by atoms with E-state index in [1.54, 1.807) is 12.1 Å². The Bertz CT molecular complexity index is 410. The maximum Gasteiger partial charge on any atom is 0.123 e. The predicted molar refractivity (Wildman–Crippen MR) is 76.5 cm³/mol. The summed E-state index contributed by atoms with van der Waals surface area (Å²) < 4.78 is 13.4. The molecule has 2 N–H and O–H groups in total. The van der Waals surface area contributed by atoms with Gasteiger partial charge in [-0.2, -0.15) is 0 Å². The molecule has 1 aliphatic rings. The molecule has 0 saturated carbocycles. The van der Waals surface area contributed by atoms with E-state index in [9.17, 15) is 4.39 Å². The number of nitrogens with zero attached hydrogens (tertiary/aromatic N) is 2. The molecule has 0 spiro atoms. The third-order valence-electron chi connectivity index (χ3n) is 4.18. The molecule has 1 aliphatic heterocycles. The summed E-state index contributed by atoms with van der Waals surface area (Å²) in [6.45, 7) is 5.79. The molecule has 0 aliphatic carbocycles. The van der Waals surface area contributed by atoms with Crippen LogP contribution < -0.4 is 5.73 Å². The number of hydrogen-bond donors (Lipinski definition) is 1. The third kappa shape index (κ3) is 3.32. The number of halogens is 1. The average molecular weight is 265 g/mol. The Morgan fingerprint density at radius 3 is 2.84 bits per heavy atom. The minimum Gasteiger partial charge on any atom is -0.329 e. The molecular weight excluding hydrogens is 241 g/mol. The van der Waals surface area contributed by atoms with Crippen LogP contribution in [0.2, 0.25) is 0 Å². The quantitative estimate of drug-likeness (QED) is 0.902. The van der Waals surface area contributed by atoms with Crippen molar-refractivity contribution < 1.29 is 4.39 Å². The highest BCUT2D eigenvalue weighted by Gasteiger charge is 2.28. The lowest BCUT2D eigenvalue weighted by molar-refractivity contribution is 0.0643. The molecule has 1 aromatic rings. The molecule has 19 heavy (non-hydrogen) atoms. The van der Waals surface area contributed by atoms with Crippen molar-refractivity contribution in [1.29, 1.82) is 0 Å². The van der Waals surface area contributed by atoms with Gasteiger partial charge in [0.2, 0.25) is 0 Å². The first-order valence-corrected chi connectivity index (χ1v) is 7.05. The molecule has 1 saturated heterocycles. The van der Waals surface area contributed by atoms with E-state index in [0.717, 1.165) is 31.6 Å². The second kappa shape index (κ2) is 6.46. The number of piperazine rings is 1. The molecular formula is C15H24FN3. The van der Waals surface area contributed by atoms with Gasteiger partial charge in [0.05, 0.1) is 0 Å². The van der Waals surface area contributed by atoms with Gasteiger partial charge in [0.15, 0.2) is 0 Å². The van der Waals surface area contributed by atoms with E-state index in [4.69, 9.17) is 5.73 Å². The monoisotopic (exact) mass is 265 g/mol. The molecule has 2 unspecified atom stereocenters. The Kier molecular flexibility index (Phi) is 4.91. The van der Waals surface area contributed by atoms with Gasteiger partial charge in [0.1, 0.15) is 5.82 Å². The van der Waals surface area contributed by atoms with Crippen LogP contribution in [-0.4, -0.2) is 49.1 Å². The molecule has 106 valence electrons. The topological polar surface area (TPSA) is 32.5 Å². The van der Waals surface area contributed by atoms with E-state index < -0.39 is 0 Å². The highest BCUT2D eigenvalue weighted by Crippen LogP contribution is 2.24. The van der Waals surface area contributed by atoms with Gasteiger partial charge in [-0.3, -0.25) is 4.90 Å². The normalized spacial score (nSPS) is 23.5. The first kappa shape index (κ1) is 14.4. The molecule has 4 heteroatoms. The Hall–Kier alpha value is -0.970. The summed E-state index contributed by atoms with van der Waals surface area (Å²) in [5.74, 6) is -0.183. The minimum atomic E-state index is -0.183. The lowest BCUT2D eigenvalue weighted by Crippen LogP contribution is -2.53. The molecule has 1 fully saturated rings. The van der Waals surface area contributed by atoms with Crippen molar-refractivity contribution in [3.05, 3.63) is 35.6 Å². The third-order valence-corrected chi connectivity index (χ3v) is 4.18. The molecule has 0 bridgehead atoms. The smallest absolute Gasteiger partial charge is 0.123 e. The molecule has 3 nitrogen and oxygen atoms in total. The Morgan fingerprint density at radius 1 is 1.42 bits per heavy atom. The van der Waals surface area contributed by atoms with Crippen molar-refractivity contribution in [2.45, 2.75) is 25.4 Å². The van der Waals surface area contributed by atoms with Gasteiger partial charge in [0.25, 0.3) is 0 Å². The fourth-order valence-corrected chi connectivity index (χ4v) is 2.90. The summed E-state index contributed by atoms with van der Waals surface area (Å²) in [6.07, 6.45) is 1.13. The first-order valence-electron chi connectivity index (χ1n) is 7.05. The summed E-state index contributed by atoms with van der Waals surface area (Å²) >= 11 is 0. The minimum absolute atomic E-state index is 0.124. The largest absolute Gasteiger partial charge is 0.329 e. The summed E-state index contributed by atoms with van der Waals surface area (Å²) in [5.41, 5.74) is 6.92. The van der Waals surface area contributed by atoms with Crippen molar-refractivity contribution in [2.75, 3.05) is 33.2 Å². The molecule has 0 aromatic heterocycles. The predicted octanol–water partition coefficient (Wildman–Crippen LogP) is 1.85. The summed E-state index contributed by atoms with van der Waals surface area (Å²) in [7, 11) is 2.17. The molecule has 0 radical (unpaired) electrons. The Morgan fingerprint density at radius 2 is 2.21 bits per heavy atom. The highest BCUT2D eigenvalue weighted by atomic mass is 19.1. The number of nitrogens with two attached hydrogens (primary N) is 1. The number of benzene rings is 1. The molecule has 1 heterocycles. The summed E-state index contributed by atoms with van der Waals surface area (Å²) in [5, 5.41) is 0. The van der Waals surface area contributed by atoms with Crippen LogP contribution in [0.15, 0.2) is 24.3 Å². The fraction of sp³-hybridized carbons (Fsp3) is 0.600. The number of rotatable bonds is 4. The van der Waals surface area contributed by atoms with E-state index in [1.165, 1.54) is 6.07 Å². The van der Waals surface area contributed by atoms with Gasteiger partial charge in [-0.15, -0.1) is 0 Å². The fourth-order valence-electron chi connectivity index (χ4n) is 2.90. The van der Waals surface area contributed by atoms with Crippen LogP contribution in [0.5, 0.6) is 0 Å². The summed E-state index contributed by atoms with van der Waals surface area (Å²) in [4.78, 5) is 4.79. The van der Waals surface area contributed by atoms with Gasteiger partial charge in [-0.1, -0.05) is 19.1 Å². The van der Waals surface area contributed by atoms with Crippen molar-refractivity contribution in [3.63, 3.8) is 0 Å². The second-order valence-corrected chi connectivity index (χ2v) is 5.34. The van der Waals surface area contributed by atoms with Gasteiger partial charge in [0, 0.05) is 38.3 Å². The van der Waals surface area contributed by atoms with Crippen LogP contribution in [-0.2, 0) is 0 Å². The maximum absolute atomic E-state index is 13.4. The van der Waals surface area contributed by atoms with Crippen LogP contribution in [0.25, 0.3) is 0 Å². The van der Waals surface area contributed by atoms with Crippen LogP contribution >= 0.6 is 0 Å².